The molecule has 1 aliphatic carbocycles. The molecular weight excluding hydrogens is 583 g/mol. The first kappa shape index (κ1) is 30.2. The Labute approximate surface area is 251 Å². The number of aromatic nitrogens is 4. The van der Waals surface area contributed by atoms with Gasteiger partial charge in [-0.3, -0.25) is 4.79 Å². The molecule has 2 heterocycles. The van der Waals surface area contributed by atoms with Gasteiger partial charge in [-0.2, -0.15) is 23.3 Å². The van der Waals surface area contributed by atoms with Gasteiger partial charge in [0.15, 0.2) is 0 Å². The van der Waals surface area contributed by atoms with E-state index in [2.05, 4.69) is 15.1 Å². The maximum absolute atomic E-state index is 14.6. The van der Waals surface area contributed by atoms with Crippen molar-refractivity contribution >= 4 is 23.1 Å². The average molecular weight is 612 g/mol. The molecule has 0 saturated heterocycles. The topological polar surface area (TPSA) is 105 Å². The van der Waals surface area contributed by atoms with Crippen LogP contribution in [0.3, 0.4) is 0 Å². The normalized spacial score (nSPS) is 14.2. The van der Waals surface area contributed by atoms with Crippen molar-refractivity contribution in [2.24, 2.45) is 5.73 Å². The molecule has 224 valence electrons. The van der Waals surface area contributed by atoms with Crippen LogP contribution in [0.2, 0.25) is 5.02 Å². The Morgan fingerprint density at radius 2 is 1.86 bits per heavy atom. The first-order valence-electron chi connectivity index (χ1n) is 13.6. The van der Waals surface area contributed by atoms with Crippen molar-refractivity contribution in [3.05, 3.63) is 105 Å². The van der Waals surface area contributed by atoms with E-state index in [1.165, 1.54) is 22.9 Å². The third-order valence-corrected chi connectivity index (χ3v) is 7.16. The molecule has 8 nitrogen and oxygen atoms in total. The zero-order valence-electron chi connectivity index (χ0n) is 23.7. The van der Waals surface area contributed by atoms with E-state index in [0.717, 1.165) is 16.7 Å². The summed E-state index contributed by atoms with van der Waals surface area (Å²) in [6, 6.07) is 12.4. The quantitative estimate of drug-likeness (QED) is 0.230. The summed E-state index contributed by atoms with van der Waals surface area (Å²) in [5.41, 5.74) is 9.90. The summed E-state index contributed by atoms with van der Waals surface area (Å²) in [4.78, 5) is 20.7. The zero-order chi connectivity index (χ0) is 30.9. The molecule has 0 unspecified atom stereocenters. The fourth-order valence-electron chi connectivity index (χ4n) is 4.94. The molecule has 0 aliphatic heterocycles. The Balaban J connectivity index is 1.46. The van der Waals surface area contributed by atoms with E-state index in [-0.39, 0.29) is 41.0 Å². The van der Waals surface area contributed by atoms with E-state index in [4.69, 9.17) is 26.8 Å². The first-order chi connectivity index (χ1) is 20.4. The van der Waals surface area contributed by atoms with Gasteiger partial charge in [-0.25, -0.2) is 9.67 Å². The number of carbonyl (C=O) groups is 1. The number of rotatable bonds is 9. The van der Waals surface area contributed by atoms with Crippen LogP contribution in [-0.2, 0) is 22.4 Å². The lowest BCUT2D eigenvalue weighted by Gasteiger charge is -2.25. The van der Waals surface area contributed by atoms with Crippen LogP contribution >= 0.6 is 11.6 Å². The van der Waals surface area contributed by atoms with Crippen molar-refractivity contribution < 1.29 is 27.4 Å². The number of carbonyl (C=O) groups excluding carboxylic acids is 1. The monoisotopic (exact) mass is 611 g/mol. The van der Waals surface area contributed by atoms with Crippen molar-refractivity contribution in [1.82, 2.24) is 19.7 Å². The number of esters is 1. The van der Waals surface area contributed by atoms with E-state index in [1.807, 2.05) is 30.3 Å². The van der Waals surface area contributed by atoms with Gasteiger partial charge in [0, 0.05) is 27.9 Å². The molecule has 0 amide bonds. The van der Waals surface area contributed by atoms with Crippen LogP contribution in [0.1, 0.15) is 52.5 Å². The predicted octanol–water partition coefficient (Wildman–Crippen LogP) is 6.04. The highest BCUT2D eigenvalue weighted by molar-refractivity contribution is 6.30. The minimum Gasteiger partial charge on any atom is -0.465 e. The summed E-state index contributed by atoms with van der Waals surface area (Å²) >= 11 is 6.17. The second kappa shape index (κ2) is 12.2. The summed E-state index contributed by atoms with van der Waals surface area (Å²) in [6.07, 6.45) is -3.10. The van der Waals surface area contributed by atoms with Gasteiger partial charge in [-0.1, -0.05) is 48.0 Å². The molecule has 43 heavy (non-hydrogen) atoms. The third kappa shape index (κ3) is 6.57. The van der Waals surface area contributed by atoms with E-state index in [0.29, 0.717) is 23.4 Å². The molecule has 2 N–H and O–H groups in total. The summed E-state index contributed by atoms with van der Waals surface area (Å²) in [5.74, 6) is -0.356. The fraction of sp³-hybridized carbons (Fsp3) is 0.290. The second-order valence-corrected chi connectivity index (χ2v) is 10.6. The van der Waals surface area contributed by atoms with Crippen LogP contribution in [-0.4, -0.2) is 44.5 Å². The minimum absolute atomic E-state index is 0.145. The summed E-state index contributed by atoms with van der Waals surface area (Å²) < 4.78 is 55.9. The number of aryl methyl sites for hydroxylation is 2. The maximum Gasteiger partial charge on any atom is 0.429 e. The van der Waals surface area contributed by atoms with Crippen LogP contribution in [0.25, 0.3) is 11.3 Å². The number of alkyl halides is 3. The van der Waals surface area contributed by atoms with Gasteiger partial charge in [0.05, 0.1) is 23.7 Å². The minimum atomic E-state index is -4.79. The van der Waals surface area contributed by atoms with Crippen molar-refractivity contribution in [3.63, 3.8) is 0 Å². The number of hydrogen-bond donors (Lipinski definition) is 1. The molecular formula is C31H29ClF3N5O3. The van der Waals surface area contributed by atoms with Gasteiger partial charge in [0.2, 0.25) is 12.0 Å². The van der Waals surface area contributed by atoms with Gasteiger partial charge < -0.3 is 15.2 Å². The Bertz CT molecular complexity index is 1690. The standard InChI is InChI=1S/C31H29ClF3N5O3/c1-4-42-30(41)25(36)15-19-5-7-20(8-6-19)22-11-12-24-27(22)37-18(3)38-29(24)43-28(31(33,34)35)23-10-9-21(32)16-26(23)40-14-13-17(2)39-40/h5-11,13-14,16,25,28H,4,12,15,36H2,1-3H3/t25-,28+/m0/s1. The molecule has 0 bridgehead atoms. The zero-order valence-corrected chi connectivity index (χ0v) is 24.4. The van der Waals surface area contributed by atoms with Crippen LogP contribution in [0, 0.1) is 13.8 Å². The predicted molar refractivity (Wildman–Crippen MR) is 155 cm³/mol. The molecule has 4 aromatic rings. The summed E-state index contributed by atoms with van der Waals surface area (Å²) in [5, 5.41) is 4.54. The van der Waals surface area contributed by atoms with Crippen LogP contribution in [0.5, 0.6) is 5.88 Å². The fourth-order valence-corrected chi connectivity index (χ4v) is 5.11. The number of hydrogen-bond acceptors (Lipinski definition) is 7. The average Bonchev–Trinajstić information content (AvgIpc) is 3.58. The maximum atomic E-state index is 14.6. The number of nitrogens with zero attached hydrogens (tertiary/aromatic N) is 4. The molecule has 5 rings (SSSR count). The van der Waals surface area contributed by atoms with Gasteiger partial charge in [0.1, 0.15) is 11.9 Å². The van der Waals surface area contributed by atoms with E-state index >= 15 is 0 Å². The Morgan fingerprint density at radius 1 is 1.12 bits per heavy atom. The number of allylic oxidation sites excluding steroid dienone is 1. The Hall–Kier alpha value is -4.22. The van der Waals surface area contributed by atoms with E-state index < -0.39 is 24.3 Å². The van der Waals surface area contributed by atoms with E-state index in [9.17, 15) is 18.0 Å². The molecule has 0 fully saturated rings. The van der Waals surface area contributed by atoms with Crippen molar-refractivity contribution in [1.29, 1.82) is 0 Å². The SMILES string of the molecule is CCOC(=O)[C@@H](N)Cc1ccc(C2=CCc3c(O[C@H](c4ccc(Cl)cc4-n4ccc(C)n4)C(F)(F)F)nc(C)nc32)cc1. The summed E-state index contributed by atoms with van der Waals surface area (Å²) in [6.45, 7) is 5.31. The first-order valence-corrected chi connectivity index (χ1v) is 14.0. The Morgan fingerprint density at radius 3 is 2.51 bits per heavy atom. The molecule has 2 atom stereocenters. The smallest absolute Gasteiger partial charge is 0.429 e. The largest absolute Gasteiger partial charge is 0.465 e. The summed E-state index contributed by atoms with van der Waals surface area (Å²) in [7, 11) is 0. The second-order valence-electron chi connectivity index (χ2n) is 10.1. The molecule has 1 aliphatic rings. The van der Waals surface area contributed by atoms with Gasteiger partial charge in [0.25, 0.3) is 0 Å². The molecule has 0 saturated carbocycles. The third-order valence-electron chi connectivity index (χ3n) is 6.93. The van der Waals surface area contributed by atoms with Crippen LogP contribution < -0.4 is 10.5 Å². The highest BCUT2D eigenvalue weighted by Gasteiger charge is 2.45. The lowest BCUT2D eigenvalue weighted by molar-refractivity contribution is -0.198. The van der Waals surface area contributed by atoms with Crippen LogP contribution in [0.4, 0.5) is 13.2 Å². The van der Waals surface area contributed by atoms with Gasteiger partial charge in [-0.05, 0) is 62.9 Å². The lowest BCUT2D eigenvalue weighted by Crippen LogP contribution is -2.34. The van der Waals surface area contributed by atoms with Crippen molar-refractivity contribution in [2.45, 2.75) is 51.9 Å². The van der Waals surface area contributed by atoms with Crippen LogP contribution in [0.15, 0.2) is 60.8 Å². The van der Waals surface area contributed by atoms with Gasteiger partial charge >= 0.3 is 12.1 Å². The van der Waals surface area contributed by atoms with Crippen molar-refractivity contribution in [2.75, 3.05) is 6.61 Å². The Kier molecular flexibility index (Phi) is 8.57. The molecule has 2 aromatic carbocycles. The lowest BCUT2D eigenvalue weighted by atomic mass is 10.00. The van der Waals surface area contributed by atoms with E-state index in [1.54, 1.807) is 33.0 Å². The number of fused-ring (bicyclic) bond motifs is 1. The number of nitrogens with two attached hydrogens (primary N) is 1. The molecule has 12 heteroatoms. The highest BCUT2D eigenvalue weighted by Crippen LogP contribution is 2.43. The number of benzene rings is 2. The molecule has 2 aromatic heterocycles. The molecule has 0 spiro atoms. The number of ether oxygens (including phenoxy) is 2. The van der Waals surface area contributed by atoms with Crippen molar-refractivity contribution in [3.8, 4) is 11.6 Å². The molecule has 0 radical (unpaired) electrons. The number of halogens is 4. The van der Waals surface area contributed by atoms with Gasteiger partial charge in [-0.15, -0.1) is 0 Å². The highest BCUT2D eigenvalue weighted by atomic mass is 35.5.